The second-order valence-electron chi connectivity index (χ2n) is 6.83. The van der Waals surface area contributed by atoms with Crippen LogP contribution in [0.25, 0.3) is 33.1 Å². The number of rotatable bonds is 3. The van der Waals surface area contributed by atoms with Crippen molar-refractivity contribution >= 4 is 21.8 Å². The van der Waals surface area contributed by atoms with Crippen LogP contribution in [-0.4, -0.2) is 19.7 Å². The van der Waals surface area contributed by atoms with Crippen LogP contribution in [0.1, 0.15) is 11.1 Å². The number of hydrogen-bond acceptors (Lipinski definition) is 3. The van der Waals surface area contributed by atoms with Crippen molar-refractivity contribution in [2.45, 2.75) is 6.54 Å². The van der Waals surface area contributed by atoms with Gasteiger partial charge in [0.05, 0.1) is 23.3 Å². The zero-order valence-corrected chi connectivity index (χ0v) is 15.4. The van der Waals surface area contributed by atoms with Crippen molar-refractivity contribution in [3.63, 3.8) is 0 Å². The average molecular weight is 378 g/mol. The second-order valence-corrected chi connectivity index (χ2v) is 6.83. The fourth-order valence-electron chi connectivity index (χ4n) is 3.50. The molecule has 0 bridgehead atoms. The molecule has 0 aliphatic heterocycles. The van der Waals surface area contributed by atoms with Crippen molar-refractivity contribution in [2.24, 2.45) is 0 Å². The predicted octanol–water partition coefficient (Wildman–Crippen LogP) is 4.82. The SMILES string of the molecule is C#Cc1ccc2ncnc(-c3ccc4nn(Cc5cccc(F)c5)cc4c3)c2c1. The molecule has 0 atom stereocenters. The first-order valence-electron chi connectivity index (χ1n) is 9.13. The number of terminal acetylenes is 1. The highest BCUT2D eigenvalue weighted by Crippen LogP contribution is 2.28. The molecule has 5 rings (SSSR count). The summed E-state index contributed by atoms with van der Waals surface area (Å²) in [6.07, 6.45) is 9.07. The molecule has 0 saturated heterocycles. The van der Waals surface area contributed by atoms with Gasteiger partial charge in [0.1, 0.15) is 12.1 Å². The molecular formula is C24H15FN4. The van der Waals surface area contributed by atoms with Gasteiger partial charge in [-0.15, -0.1) is 6.42 Å². The van der Waals surface area contributed by atoms with Gasteiger partial charge in [-0.2, -0.15) is 5.10 Å². The topological polar surface area (TPSA) is 43.6 Å². The van der Waals surface area contributed by atoms with Crippen molar-refractivity contribution in [3.05, 3.63) is 90.1 Å². The Morgan fingerprint density at radius 2 is 1.86 bits per heavy atom. The Morgan fingerprint density at radius 3 is 2.72 bits per heavy atom. The van der Waals surface area contributed by atoms with Gasteiger partial charge in [-0.05, 0) is 48.0 Å². The Balaban J connectivity index is 1.57. The van der Waals surface area contributed by atoms with E-state index >= 15 is 0 Å². The lowest BCUT2D eigenvalue weighted by Crippen LogP contribution is -1.99. The number of aromatic nitrogens is 4. The molecule has 0 N–H and O–H groups in total. The molecule has 0 aliphatic rings. The van der Waals surface area contributed by atoms with Gasteiger partial charge in [-0.3, -0.25) is 4.68 Å². The van der Waals surface area contributed by atoms with E-state index in [2.05, 4.69) is 27.1 Å². The van der Waals surface area contributed by atoms with Crippen LogP contribution in [0.2, 0.25) is 0 Å². The maximum Gasteiger partial charge on any atom is 0.123 e. The van der Waals surface area contributed by atoms with Crippen LogP contribution in [0.5, 0.6) is 0 Å². The van der Waals surface area contributed by atoms with Crippen molar-refractivity contribution in [2.75, 3.05) is 0 Å². The highest BCUT2D eigenvalue weighted by Gasteiger charge is 2.10. The molecule has 0 radical (unpaired) electrons. The molecule has 0 spiro atoms. The quantitative estimate of drug-likeness (QED) is 0.423. The van der Waals surface area contributed by atoms with Gasteiger partial charge >= 0.3 is 0 Å². The molecule has 0 fully saturated rings. The summed E-state index contributed by atoms with van der Waals surface area (Å²) in [4.78, 5) is 8.83. The van der Waals surface area contributed by atoms with E-state index in [1.807, 2.05) is 47.3 Å². The number of halogens is 1. The zero-order valence-electron chi connectivity index (χ0n) is 15.4. The Hall–Kier alpha value is -4.04. The molecule has 138 valence electrons. The van der Waals surface area contributed by atoms with Gasteiger partial charge in [0.2, 0.25) is 0 Å². The van der Waals surface area contributed by atoms with E-state index in [9.17, 15) is 4.39 Å². The van der Waals surface area contributed by atoms with Gasteiger partial charge in [-0.25, -0.2) is 14.4 Å². The predicted molar refractivity (Wildman–Crippen MR) is 112 cm³/mol. The standard InChI is InChI=1S/C24H15FN4/c1-2-16-6-8-23-21(11-16)24(27-15-26-23)18-7-9-22-19(12-18)14-29(28-22)13-17-4-3-5-20(25)10-17/h1,3-12,14-15H,13H2. The smallest absolute Gasteiger partial charge is 0.123 e. The van der Waals surface area contributed by atoms with E-state index in [4.69, 9.17) is 6.42 Å². The molecule has 4 nitrogen and oxygen atoms in total. The Morgan fingerprint density at radius 1 is 0.966 bits per heavy atom. The van der Waals surface area contributed by atoms with Crippen molar-refractivity contribution in [3.8, 4) is 23.6 Å². The lowest BCUT2D eigenvalue weighted by Gasteiger charge is -2.06. The average Bonchev–Trinajstić information content (AvgIpc) is 3.14. The van der Waals surface area contributed by atoms with Crippen LogP contribution in [0.15, 0.2) is 73.2 Å². The Kier molecular flexibility index (Phi) is 4.03. The van der Waals surface area contributed by atoms with Crippen LogP contribution in [-0.2, 0) is 6.54 Å². The van der Waals surface area contributed by atoms with Crippen LogP contribution in [0.4, 0.5) is 4.39 Å². The summed E-state index contributed by atoms with van der Waals surface area (Å²) in [5.74, 6) is 2.42. The van der Waals surface area contributed by atoms with Crippen molar-refractivity contribution in [1.29, 1.82) is 0 Å². The largest absolute Gasteiger partial charge is 0.267 e. The molecule has 0 saturated carbocycles. The summed E-state index contributed by atoms with van der Waals surface area (Å²) < 4.78 is 15.3. The second kappa shape index (κ2) is 6.84. The minimum atomic E-state index is -0.247. The maximum atomic E-state index is 13.4. The zero-order chi connectivity index (χ0) is 19.8. The van der Waals surface area contributed by atoms with E-state index in [0.717, 1.165) is 44.2 Å². The first-order chi connectivity index (χ1) is 14.2. The summed E-state index contributed by atoms with van der Waals surface area (Å²) in [5, 5.41) is 6.49. The molecule has 2 aromatic heterocycles. The van der Waals surface area contributed by atoms with Gasteiger partial charge in [0, 0.05) is 28.1 Å². The minimum absolute atomic E-state index is 0.247. The fourth-order valence-corrected chi connectivity index (χ4v) is 3.50. The van der Waals surface area contributed by atoms with Crippen LogP contribution < -0.4 is 0 Å². The van der Waals surface area contributed by atoms with E-state index in [-0.39, 0.29) is 5.82 Å². The van der Waals surface area contributed by atoms with Crippen molar-refractivity contribution < 1.29 is 4.39 Å². The third-order valence-corrected chi connectivity index (χ3v) is 4.86. The van der Waals surface area contributed by atoms with Gasteiger partial charge < -0.3 is 0 Å². The van der Waals surface area contributed by atoms with Crippen LogP contribution in [0.3, 0.4) is 0 Å². The number of benzene rings is 3. The Bertz CT molecular complexity index is 1410. The fraction of sp³-hybridized carbons (Fsp3) is 0.0417. The van der Waals surface area contributed by atoms with E-state index in [1.54, 1.807) is 12.4 Å². The Labute approximate surface area is 166 Å². The lowest BCUT2D eigenvalue weighted by atomic mass is 10.0. The van der Waals surface area contributed by atoms with Crippen LogP contribution >= 0.6 is 0 Å². The maximum absolute atomic E-state index is 13.4. The summed E-state index contributed by atoms with van der Waals surface area (Å²) in [6.45, 7) is 0.504. The van der Waals surface area contributed by atoms with E-state index in [0.29, 0.717) is 6.54 Å². The molecule has 5 heteroatoms. The normalized spacial score (nSPS) is 11.0. The van der Waals surface area contributed by atoms with Gasteiger partial charge in [0.15, 0.2) is 0 Å². The first-order valence-corrected chi connectivity index (χ1v) is 9.13. The molecule has 3 aromatic carbocycles. The number of nitrogens with zero attached hydrogens (tertiary/aromatic N) is 4. The summed E-state index contributed by atoms with van der Waals surface area (Å²) in [7, 11) is 0. The van der Waals surface area contributed by atoms with E-state index in [1.165, 1.54) is 12.1 Å². The highest BCUT2D eigenvalue weighted by atomic mass is 19.1. The monoisotopic (exact) mass is 378 g/mol. The molecule has 0 unspecified atom stereocenters. The van der Waals surface area contributed by atoms with Gasteiger partial charge in [-0.1, -0.05) is 24.1 Å². The number of hydrogen-bond donors (Lipinski definition) is 0. The van der Waals surface area contributed by atoms with E-state index < -0.39 is 0 Å². The molecule has 0 aliphatic carbocycles. The molecule has 0 amide bonds. The highest BCUT2D eigenvalue weighted by molar-refractivity contribution is 5.95. The third-order valence-electron chi connectivity index (χ3n) is 4.86. The molecule has 2 heterocycles. The summed E-state index contributed by atoms with van der Waals surface area (Å²) in [6, 6.07) is 18.3. The third kappa shape index (κ3) is 3.21. The van der Waals surface area contributed by atoms with Crippen LogP contribution in [0, 0.1) is 18.2 Å². The lowest BCUT2D eigenvalue weighted by molar-refractivity contribution is 0.620. The summed E-state index contributed by atoms with van der Waals surface area (Å²) in [5.41, 5.74) is 5.15. The summed E-state index contributed by atoms with van der Waals surface area (Å²) >= 11 is 0. The molecular weight excluding hydrogens is 363 g/mol. The van der Waals surface area contributed by atoms with Crippen molar-refractivity contribution in [1.82, 2.24) is 19.7 Å². The molecule has 29 heavy (non-hydrogen) atoms. The minimum Gasteiger partial charge on any atom is -0.267 e. The number of fused-ring (bicyclic) bond motifs is 2. The van der Waals surface area contributed by atoms with Gasteiger partial charge in [0.25, 0.3) is 0 Å². The molecule has 5 aromatic rings. The first kappa shape index (κ1) is 17.1.